The summed E-state index contributed by atoms with van der Waals surface area (Å²) >= 11 is 18.3. The Balaban J connectivity index is 2.41. The molecule has 0 aliphatic heterocycles. The summed E-state index contributed by atoms with van der Waals surface area (Å²) in [6, 6.07) is 10.9. The molecular formula is C23H28Cl3N3O4S. The topological polar surface area (TPSA) is 86.8 Å². The molecular weight excluding hydrogens is 521 g/mol. The molecule has 34 heavy (non-hydrogen) atoms. The number of carbonyl (C=O) groups excluding carboxylic acids is 2. The molecule has 0 spiro atoms. The fourth-order valence-electron chi connectivity index (χ4n) is 3.11. The summed E-state index contributed by atoms with van der Waals surface area (Å²) in [5.41, 5.74) is 0.807. The van der Waals surface area contributed by atoms with Crippen LogP contribution in [0.2, 0.25) is 15.1 Å². The Morgan fingerprint density at radius 2 is 1.56 bits per heavy atom. The van der Waals surface area contributed by atoms with Crippen molar-refractivity contribution in [3.63, 3.8) is 0 Å². The molecule has 11 heteroatoms. The summed E-state index contributed by atoms with van der Waals surface area (Å²) in [5.74, 6) is -0.688. The van der Waals surface area contributed by atoms with Crippen molar-refractivity contribution in [2.45, 2.75) is 33.4 Å². The molecule has 2 aromatic rings. The van der Waals surface area contributed by atoms with Crippen molar-refractivity contribution in [1.82, 2.24) is 10.2 Å². The molecule has 1 unspecified atom stereocenters. The molecule has 1 N–H and O–H groups in total. The van der Waals surface area contributed by atoms with E-state index in [1.807, 2.05) is 44.2 Å². The maximum atomic E-state index is 13.5. The first-order valence-corrected chi connectivity index (χ1v) is 13.5. The van der Waals surface area contributed by atoms with E-state index in [1.54, 1.807) is 6.92 Å². The van der Waals surface area contributed by atoms with Gasteiger partial charge in [-0.05, 0) is 30.5 Å². The summed E-state index contributed by atoms with van der Waals surface area (Å²) in [5, 5.41) is 3.08. The van der Waals surface area contributed by atoms with E-state index in [0.717, 1.165) is 16.1 Å². The van der Waals surface area contributed by atoms with Gasteiger partial charge in [0.25, 0.3) is 0 Å². The molecule has 2 rings (SSSR count). The summed E-state index contributed by atoms with van der Waals surface area (Å²) in [7, 11) is -3.94. The molecule has 186 valence electrons. The summed E-state index contributed by atoms with van der Waals surface area (Å²) < 4.78 is 26.1. The van der Waals surface area contributed by atoms with Gasteiger partial charge in [-0.25, -0.2) is 8.42 Å². The molecule has 0 fully saturated rings. The lowest BCUT2D eigenvalue weighted by molar-refractivity contribution is -0.139. The van der Waals surface area contributed by atoms with Crippen molar-refractivity contribution in [3.05, 3.63) is 63.1 Å². The Hall–Kier alpha value is -2.00. The SMILES string of the molecule is CC(C)CNC(=O)C(C)N(Cc1ccccc1)C(=O)CN(c1cc(Cl)c(Cl)cc1Cl)S(C)(=O)=O. The molecule has 7 nitrogen and oxygen atoms in total. The van der Waals surface area contributed by atoms with Crippen molar-refractivity contribution in [1.29, 1.82) is 0 Å². The predicted molar refractivity (Wildman–Crippen MR) is 138 cm³/mol. The standard InChI is InChI=1S/C23H28Cl3N3O4S/c1-15(2)12-27-23(31)16(3)28(13-17-8-6-5-7-9-17)22(30)14-29(34(4,32)33)21-11-19(25)18(24)10-20(21)26/h5-11,15-16H,12-14H2,1-4H3,(H,27,31). The van der Waals surface area contributed by atoms with Gasteiger partial charge in [0, 0.05) is 13.1 Å². The highest BCUT2D eigenvalue weighted by molar-refractivity contribution is 7.92. The van der Waals surface area contributed by atoms with E-state index < -0.39 is 28.5 Å². The second kappa shape index (κ2) is 12.1. The van der Waals surface area contributed by atoms with Crippen LogP contribution in [0.3, 0.4) is 0 Å². The normalized spacial score (nSPS) is 12.4. The highest BCUT2D eigenvalue weighted by Crippen LogP contribution is 2.35. The van der Waals surface area contributed by atoms with Gasteiger partial charge in [0.15, 0.2) is 0 Å². The summed E-state index contributed by atoms with van der Waals surface area (Å²) in [6.07, 6.45) is 0.958. The molecule has 0 saturated carbocycles. The maximum absolute atomic E-state index is 13.5. The second-order valence-electron chi connectivity index (χ2n) is 8.31. The van der Waals surface area contributed by atoms with E-state index in [-0.39, 0.29) is 39.1 Å². The first-order chi connectivity index (χ1) is 15.8. The van der Waals surface area contributed by atoms with E-state index in [9.17, 15) is 18.0 Å². The third-order valence-electron chi connectivity index (χ3n) is 4.99. The first-order valence-electron chi connectivity index (χ1n) is 10.5. The van der Waals surface area contributed by atoms with Crippen molar-refractivity contribution < 1.29 is 18.0 Å². The van der Waals surface area contributed by atoms with E-state index in [2.05, 4.69) is 5.32 Å². The smallest absolute Gasteiger partial charge is 0.244 e. The molecule has 0 aliphatic rings. The molecule has 1 atom stereocenters. The molecule has 0 saturated heterocycles. The van der Waals surface area contributed by atoms with Crippen LogP contribution in [0.15, 0.2) is 42.5 Å². The van der Waals surface area contributed by atoms with Crippen molar-refractivity contribution in [2.24, 2.45) is 5.92 Å². The largest absolute Gasteiger partial charge is 0.354 e. The van der Waals surface area contributed by atoms with Crippen LogP contribution in [-0.4, -0.2) is 50.5 Å². The van der Waals surface area contributed by atoms with E-state index in [0.29, 0.717) is 6.54 Å². The Kier molecular flexibility index (Phi) is 10.1. The maximum Gasteiger partial charge on any atom is 0.244 e. The fourth-order valence-corrected chi connectivity index (χ4v) is 4.66. The molecule has 2 amide bonds. The number of carbonyl (C=O) groups is 2. The van der Waals surface area contributed by atoms with Crippen LogP contribution in [0.5, 0.6) is 0 Å². The fraction of sp³-hybridized carbons (Fsp3) is 0.391. The van der Waals surface area contributed by atoms with Crippen LogP contribution >= 0.6 is 34.8 Å². The van der Waals surface area contributed by atoms with Gasteiger partial charge < -0.3 is 10.2 Å². The van der Waals surface area contributed by atoms with E-state index in [4.69, 9.17) is 34.8 Å². The van der Waals surface area contributed by atoms with Crippen molar-refractivity contribution in [2.75, 3.05) is 23.7 Å². The van der Waals surface area contributed by atoms with Crippen molar-refractivity contribution in [3.8, 4) is 0 Å². The number of nitrogens with zero attached hydrogens (tertiary/aromatic N) is 2. The second-order valence-corrected chi connectivity index (χ2v) is 11.4. The lowest BCUT2D eigenvalue weighted by Crippen LogP contribution is -2.51. The number of hydrogen-bond donors (Lipinski definition) is 1. The number of hydrogen-bond acceptors (Lipinski definition) is 4. The van der Waals surface area contributed by atoms with Gasteiger partial charge in [-0.1, -0.05) is 79.0 Å². The van der Waals surface area contributed by atoms with Gasteiger partial charge >= 0.3 is 0 Å². The van der Waals surface area contributed by atoms with Crippen LogP contribution in [0.4, 0.5) is 5.69 Å². The lowest BCUT2D eigenvalue weighted by Gasteiger charge is -2.32. The monoisotopic (exact) mass is 547 g/mol. The summed E-state index contributed by atoms with van der Waals surface area (Å²) in [6.45, 7) is 5.51. The minimum atomic E-state index is -3.94. The van der Waals surface area contributed by atoms with Gasteiger partial charge in [0.2, 0.25) is 21.8 Å². The average Bonchev–Trinajstić information content (AvgIpc) is 2.76. The number of benzene rings is 2. The number of amides is 2. The quantitative estimate of drug-likeness (QED) is 0.440. The van der Waals surface area contributed by atoms with E-state index >= 15 is 0 Å². The Morgan fingerprint density at radius 3 is 2.12 bits per heavy atom. The van der Waals surface area contributed by atoms with Gasteiger partial charge in [0.1, 0.15) is 12.6 Å². The molecule has 0 heterocycles. The van der Waals surface area contributed by atoms with Crippen LogP contribution in [0.1, 0.15) is 26.3 Å². The van der Waals surface area contributed by atoms with Gasteiger partial charge in [-0.15, -0.1) is 0 Å². The lowest BCUT2D eigenvalue weighted by atomic mass is 10.1. The van der Waals surface area contributed by atoms with Gasteiger partial charge in [-0.3, -0.25) is 13.9 Å². The number of sulfonamides is 1. The third kappa shape index (κ3) is 7.77. The molecule has 0 bridgehead atoms. The zero-order chi connectivity index (χ0) is 25.6. The third-order valence-corrected chi connectivity index (χ3v) is 7.14. The van der Waals surface area contributed by atoms with Gasteiger partial charge in [0.05, 0.1) is 27.0 Å². The first kappa shape index (κ1) is 28.2. The van der Waals surface area contributed by atoms with Crippen LogP contribution in [0, 0.1) is 5.92 Å². The van der Waals surface area contributed by atoms with Crippen molar-refractivity contribution >= 4 is 62.3 Å². The minimum Gasteiger partial charge on any atom is -0.354 e. The Morgan fingerprint density at radius 1 is 0.971 bits per heavy atom. The zero-order valence-corrected chi connectivity index (χ0v) is 22.5. The molecule has 0 aliphatic carbocycles. The van der Waals surface area contributed by atoms with Crippen LogP contribution in [0.25, 0.3) is 0 Å². The van der Waals surface area contributed by atoms with Crippen LogP contribution in [-0.2, 0) is 26.2 Å². The zero-order valence-electron chi connectivity index (χ0n) is 19.4. The minimum absolute atomic E-state index is 0.0171. The number of anilines is 1. The highest BCUT2D eigenvalue weighted by atomic mass is 35.5. The Bertz CT molecular complexity index is 1130. The summed E-state index contributed by atoms with van der Waals surface area (Å²) in [4.78, 5) is 27.6. The molecule has 0 radical (unpaired) electrons. The van der Waals surface area contributed by atoms with Gasteiger partial charge in [-0.2, -0.15) is 0 Å². The Labute approximate surface area is 216 Å². The molecule has 2 aromatic carbocycles. The molecule has 0 aromatic heterocycles. The van der Waals surface area contributed by atoms with Crippen LogP contribution < -0.4 is 9.62 Å². The number of rotatable bonds is 10. The highest BCUT2D eigenvalue weighted by Gasteiger charge is 2.31. The predicted octanol–water partition coefficient (Wildman–Crippen LogP) is 4.60. The average molecular weight is 549 g/mol. The van der Waals surface area contributed by atoms with E-state index in [1.165, 1.54) is 17.0 Å². The number of nitrogens with one attached hydrogen (secondary N) is 1. The number of halogens is 3.